The van der Waals surface area contributed by atoms with E-state index in [0.29, 0.717) is 22.1 Å². The van der Waals surface area contributed by atoms with Crippen LogP contribution in [-0.4, -0.2) is 10.1 Å². The van der Waals surface area contributed by atoms with E-state index in [4.69, 9.17) is 13.7 Å². The van der Waals surface area contributed by atoms with Gasteiger partial charge in [0.25, 0.3) is 5.89 Å². The highest BCUT2D eigenvalue weighted by Gasteiger charge is 2.18. The number of aryl methyl sites for hydroxylation is 2. The molecule has 0 aliphatic rings. The highest BCUT2D eigenvalue weighted by Crippen LogP contribution is 2.26. The molecule has 0 aliphatic carbocycles. The van der Waals surface area contributed by atoms with Crippen molar-refractivity contribution in [2.75, 3.05) is 0 Å². The summed E-state index contributed by atoms with van der Waals surface area (Å²) in [7, 11) is 0. The molecule has 5 nitrogen and oxygen atoms in total. The SMILES string of the molecule is Cc1ccc(OC(C)c2nc(-c3ccc(Br)o3)no2)cc1C. The predicted molar refractivity (Wildman–Crippen MR) is 84.7 cm³/mol. The second-order valence-corrected chi connectivity index (χ2v) is 5.85. The molecule has 0 radical (unpaired) electrons. The fraction of sp³-hybridized carbons (Fsp3) is 0.250. The van der Waals surface area contributed by atoms with Crippen LogP contribution in [0.4, 0.5) is 0 Å². The Morgan fingerprint density at radius 2 is 1.95 bits per heavy atom. The number of rotatable bonds is 4. The van der Waals surface area contributed by atoms with Crippen LogP contribution in [0.5, 0.6) is 5.75 Å². The van der Waals surface area contributed by atoms with Crippen molar-refractivity contribution in [3.63, 3.8) is 0 Å². The maximum absolute atomic E-state index is 5.85. The molecule has 0 saturated heterocycles. The third-order valence-corrected chi connectivity index (χ3v) is 3.80. The van der Waals surface area contributed by atoms with Crippen LogP contribution in [0.1, 0.15) is 30.0 Å². The fourth-order valence-electron chi connectivity index (χ4n) is 1.98. The molecule has 0 N–H and O–H groups in total. The van der Waals surface area contributed by atoms with Gasteiger partial charge in [-0.3, -0.25) is 0 Å². The number of aromatic nitrogens is 2. The normalized spacial score (nSPS) is 12.4. The summed E-state index contributed by atoms with van der Waals surface area (Å²) < 4.78 is 17.1. The van der Waals surface area contributed by atoms with E-state index in [1.54, 1.807) is 12.1 Å². The van der Waals surface area contributed by atoms with Crippen molar-refractivity contribution >= 4 is 15.9 Å². The zero-order valence-electron chi connectivity index (χ0n) is 12.5. The third kappa shape index (κ3) is 3.06. The summed E-state index contributed by atoms with van der Waals surface area (Å²) in [6.07, 6.45) is -0.346. The maximum atomic E-state index is 5.85. The van der Waals surface area contributed by atoms with Crippen molar-refractivity contribution in [3.8, 4) is 17.3 Å². The van der Waals surface area contributed by atoms with Crippen LogP contribution < -0.4 is 4.74 Å². The minimum atomic E-state index is -0.346. The summed E-state index contributed by atoms with van der Waals surface area (Å²) in [6.45, 7) is 5.98. The Bertz CT molecular complexity index is 794. The largest absolute Gasteiger partial charge is 0.481 e. The van der Waals surface area contributed by atoms with E-state index in [1.807, 2.05) is 32.0 Å². The number of hydrogen-bond acceptors (Lipinski definition) is 5. The molecule has 3 aromatic rings. The van der Waals surface area contributed by atoms with Crippen LogP contribution in [0.15, 0.2) is 43.9 Å². The Morgan fingerprint density at radius 3 is 2.64 bits per heavy atom. The molecule has 2 heterocycles. The Kier molecular flexibility index (Phi) is 4.02. The van der Waals surface area contributed by atoms with Crippen molar-refractivity contribution in [2.45, 2.75) is 26.9 Å². The summed E-state index contributed by atoms with van der Waals surface area (Å²) in [4.78, 5) is 4.31. The number of ether oxygens (including phenoxy) is 1. The standard InChI is InChI=1S/C16H15BrN2O3/c1-9-4-5-12(8-10(9)2)20-11(3)16-18-15(19-22-16)13-6-7-14(17)21-13/h4-8,11H,1-3H3. The molecule has 0 amide bonds. The molecule has 0 aliphatic heterocycles. The van der Waals surface area contributed by atoms with Gasteiger partial charge in [0, 0.05) is 0 Å². The Hall–Kier alpha value is -2.08. The Balaban J connectivity index is 1.76. The van der Waals surface area contributed by atoms with Crippen LogP contribution in [0, 0.1) is 13.8 Å². The van der Waals surface area contributed by atoms with Gasteiger partial charge in [0.15, 0.2) is 16.5 Å². The van der Waals surface area contributed by atoms with Gasteiger partial charge in [0.05, 0.1) is 0 Å². The molecule has 0 fully saturated rings. The van der Waals surface area contributed by atoms with Gasteiger partial charge in [0.2, 0.25) is 5.82 Å². The van der Waals surface area contributed by atoms with E-state index in [-0.39, 0.29) is 6.10 Å². The van der Waals surface area contributed by atoms with E-state index >= 15 is 0 Å². The van der Waals surface area contributed by atoms with E-state index < -0.39 is 0 Å². The molecule has 22 heavy (non-hydrogen) atoms. The molecule has 1 unspecified atom stereocenters. The van der Waals surface area contributed by atoms with E-state index in [2.05, 4.69) is 33.0 Å². The first-order valence-electron chi connectivity index (χ1n) is 6.86. The van der Waals surface area contributed by atoms with Gasteiger partial charge < -0.3 is 13.7 Å². The first kappa shape index (κ1) is 14.8. The fourth-order valence-corrected chi connectivity index (χ4v) is 2.28. The molecule has 0 saturated carbocycles. The summed E-state index contributed by atoms with van der Waals surface area (Å²) in [5, 5.41) is 3.91. The van der Waals surface area contributed by atoms with E-state index in [0.717, 1.165) is 5.75 Å². The molecular formula is C16H15BrN2O3. The highest BCUT2D eigenvalue weighted by molar-refractivity contribution is 9.10. The Morgan fingerprint density at radius 1 is 1.14 bits per heavy atom. The molecule has 114 valence electrons. The highest BCUT2D eigenvalue weighted by atomic mass is 79.9. The lowest BCUT2D eigenvalue weighted by Gasteiger charge is -2.12. The van der Waals surface area contributed by atoms with Gasteiger partial charge in [-0.05, 0) is 72.1 Å². The maximum Gasteiger partial charge on any atom is 0.267 e. The number of benzene rings is 1. The lowest BCUT2D eigenvalue weighted by molar-refractivity contribution is 0.175. The number of nitrogens with zero attached hydrogens (tertiary/aromatic N) is 2. The predicted octanol–water partition coefficient (Wildman–Crippen LogP) is 4.85. The third-order valence-electron chi connectivity index (χ3n) is 3.37. The molecule has 6 heteroatoms. The molecule has 0 spiro atoms. The van der Waals surface area contributed by atoms with Gasteiger partial charge in [-0.15, -0.1) is 0 Å². The van der Waals surface area contributed by atoms with Gasteiger partial charge >= 0.3 is 0 Å². The molecular weight excluding hydrogens is 348 g/mol. The Labute approximate surface area is 136 Å². The van der Waals surface area contributed by atoms with Gasteiger partial charge in [-0.2, -0.15) is 4.98 Å². The summed E-state index contributed by atoms with van der Waals surface area (Å²) >= 11 is 3.24. The van der Waals surface area contributed by atoms with Gasteiger partial charge in [-0.25, -0.2) is 0 Å². The lowest BCUT2D eigenvalue weighted by atomic mass is 10.1. The summed E-state index contributed by atoms with van der Waals surface area (Å²) in [6, 6.07) is 9.50. The van der Waals surface area contributed by atoms with Crippen LogP contribution >= 0.6 is 15.9 Å². The monoisotopic (exact) mass is 362 g/mol. The van der Waals surface area contributed by atoms with E-state index in [9.17, 15) is 0 Å². The topological polar surface area (TPSA) is 61.3 Å². The first-order chi connectivity index (χ1) is 10.5. The molecule has 1 aromatic carbocycles. The van der Waals surface area contributed by atoms with Crippen LogP contribution in [0.25, 0.3) is 11.6 Å². The second kappa shape index (κ2) is 5.96. The van der Waals surface area contributed by atoms with Crippen molar-refractivity contribution in [3.05, 3.63) is 52.0 Å². The second-order valence-electron chi connectivity index (χ2n) is 5.07. The average Bonchev–Trinajstić information content (AvgIpc) is 3.11. The van der Waals surface area contributed by atoms with Gasteiger partial charge in [0.1, 0.15) is 5.75 Å². The lowest BCUT2D eigenvalue weighted by Crippen LogP contribution is -2.03. The van der Waals surface area contributed by atoms with Gasteiger partial charge in [-0.1, -0.05) is 11.2 Å². The van der Waals surface area contributed by atoms with Crippen molar-refractivity contribution in [1.29, 1.82) is 0 Å². The average molecular weight is 363 g/mol. The minimum absolute atomic E-state index is 0.346. The number of hydrogen-bond donors (Lipinski definition) is 0. The number of halogens is 1. The molecule has 3 rings (SSSR count). The van der Waals surface area contributed by atoms with Crippen molar-refractivity contribution < 1.29 is 13.7 Å². The molecule has 1 atom stereocenters. The summed E-state index contributed by atoms with van der Waals surface area (Å²) in [5.41, 5.74) is 2.40. The van der Waals surface area contributed by atoms with E-state index in [1.165, 1.54) is 11.1 Å². The minimum Gasteiger partial charge on any atom is -0.481 e. The zero-order valence-corrected chi connectivity index (χ0v) is 14.0. The molecule has 2 aromatic heterocycles. The summed E-state index contributed by atoms with van der Waals surface area (Å²) in [5.74, 6) is 2.12. The quantitative estimate of drug-likeness (QED) is 0.663. The van der Waals surface area contributed by atoms with Crippen molar-refractivity contribution in [1.82, 2.24) is 10.1 Å². The smallest absolute Gasteiger partial charge is 0.267 e. The van der Waals surface area contributed by atoms with Crippen LogP contribution in [0.3, 0.4) is 0 Å². The van der Waals surface area contributed by atoms with Crippen LogP contribution in [-0.2, 0) is 0 Å². The zero-order chi connectivity index (χ0) is 15.7. The van der Waals surface area contributed by atoms with Crippen molar-refractivity contribution in [2.24, 2.45) is 0 Å². The number of furan rings is 1. The molecule has 0 bridgehead atoms. The first-order valence-corrected chi connectivity index (χ1v) is 7.65. The van der Waals surface area contributed by atoms with Crippen LogP contribution in [0.2, 0.25) is 0 Å².